The lowest BCUT2D eigenvalue weighted by Crippen LogP contribution is -2.04. The van der Waals surface area contributed by atoms with Crippen LogP contribution in [0.3, 0.4) is 0 Å². The van der Waals surface area contributed by atoms with Gasteiger partial charge in [0.2, 0.25) is 5.75 Å². The number of thiazole rings is 1. The van der Waals surface area contributed by atoms with E-state index in [1.54, 1.807) is 33.5 Å². The van der Waals surface area contributed by atoms with E-state index in [0.29, 0.717) is 33.5 Å². The molecule has 5 nitrogen and oxygen atoms in total. The van der Waals surface area contributed by atoms with Gasteiger partial charge in [0.25, 0.3) is 0 Å². The number of aromatic nitrogens is 1. The molecule has 128 valence electrons. The summed E-state index contributed by atoms with van der Waals surface area (Å²) in [7, 11) is 4.67. The highest BCUT2D eigenvalue weighted by Crippen LogP contribution is 2.39. The summed E-state index contributed by atoms with van der Waals surface area (Å²) in [5, 5.41) is 11.1. The van der Waals surface area contributed by atoms with Crippen LogP contribution in [0.25, 0.3) is 11.3 Å². The van der Waals surface area contributed by atoms with Crippen molar-refractivity contribution in [1.29, 1.82) is 5.41 Å². The van der Waals surface area contributed by atoms with Gasteiger partial charge in [-0.3, -0.25) is 5.41 Å². The molecule has 0 amide bonds. The molecule has 1 heterocycles. The fourth-order valence-electron chi connectivity index (χ4n) is 2.48. The lowest BCUT2D eigenvalue weighted by Gasteiger charge is -2.14. The van der Waals surface area contributed by atoms with E-state index in [2.05, 4.69) is 4.98 Å². The second-order valence-corrected chi connectivity index (χ2v) is 6.05. The molecule has 6 heteroatoms. The van der Waals surface area contributed by atoms with Crippen molar-refractivity contribution in [3.05, 3.63) is 58.4 Å². The zero-order valence-electron chi connectivity index (χ0n) is 14.2. The molecule has 0 aliphatic heterocycles. The maximum absolute atomic E-state index is 8.51. The molecule has 0 fully saturated rings. The first-order valence-corrected chi connectivity index (χ1v) is 8.46. The van der Waals surface area contributed by atoms with Crippen LogP contribution in [0.1, 0.15) is 10.6 Å². The van der Waals surface area contributed by atoms with E-state index in [9.17, 15) is 0 Å². The molecule has 0 radical (unpaired) electrons. The first-order valence-electron chi connectivity index (χ1n) is 7.58. The second-order valence-electron chi connectivity index (χ2n) is 5.19. The Morgan fingerprint density at radius 1 is 0.960 bits per heavy atom. The Bertz CT molecular complexity index is 866. The average Bonchev–Trinajstić information content (AvgIpc) is 3.17. The van der Waals surface area contributed by atoms with Crippen molar-refractivity contribution in [3.8, 4) is 28.5 Å². The first-order chi connectivity index (χ1) is 12.2. The number of nitrogens with one attached hydrogen (secondary N) is 1. The van der Waals surface area contributed by atoms with Crippen molar-refractivity contribution in [2.45, 2.75) is 0 Å². The van der Waals surface area contributed by atoms with Gasteiger partial charge < -0.3 is 14.2 Å². The van der Waals surface area contributed by atoms with Crippen LogP contribution in [0.5, 0.6) is 17.2 Å². The molecule has 1 aromatic heterocycles. The molecule has 0 saturated carbocycles. The molecule has 0 unspecified atom stereocenters. The summed E-state index contributed by atoms with van der Waals surface area (Å²) >= 11 is 1.44. The first kappa shape index (κ1) is 17.0. The third-order valence-corrected chi connectivity index (χ3v) is 4.60. The molecular formula is C19H18N2O3S. The van der Waals surface area contributed by atoms with Crippen LogP contribution in [0.15, 0.2) is 47.8 Å². The van der Waals surface area contributed by atoms with Crippen LogP contribution in [0.2, 0.25) is 0 Å². The maximum atomic E-state index is 8.51. The van der Waals surface area contributed by atoms with E-state index >= 15 is 0 Å². The van der Waals surface area contributed by atoms with Crippen LogP contribution in [-0.4, -0.2) is 32.0 Å². The highest BCUT2D eigenvalue weighted by Gasteiger charge is 2.18. The Morgan fingerprint density at radius 3 is 2.16 bits per heavy atom. The SMILES string of the molecule is COc1cc(C(=N)c2nc(-c3ccccc3)cs2)cc(OC)c1OC. The van der Waals surface area contributed by atoms with Gasteiger partial charge in [-0.05, 0) is 12.1 Å². The van der Waals surface area contributed by atoms with Gasteiger partial charge >= 0.3 is 0 Å². The Morgan fingerprint density at radius 2 is 1.60 bits per heavy atom. The molecule has 2 aromatic carbocycles. The second kappa shape index (κ2) is 7.36. The number of nitrogens with zero attached hydrogens (tertiary/aromatic N) is 1. The molecule has 0 saturated heterocycles. The summed E-state index contributed by atoms with van der Waals surface area (Å²) in [6.45, 7) is 0. The normalized spacial score (nSPS) is 10.4. The molecule has 0 spiro atoms. The largest absolute Gasteiger partial charge is 0.493 e. The molecule has 0 aliphatic rings. The zero-order chi connectivity index (χ0) is 17.8. The highest BCUT2D eigenvalue weighted by molar-refractivity contribution is 7.12. The summed E-state index contributed by atoms with van der Waals surface area (Å²) in [6, 6.07) is 13.4. The number of hydrogen-bond acceptors (Lipinski definition) is 6. The number of hydrogen-bond donors (Lipinski definition) is 1. The van der Waals surface area contributed by atoms with E-state index in [1.807, 2.05) is 35.7 Å². The van der Waals surface area contributed by atoms with Gasteiger partial charge in [-0.1, -0.05) is 30.3 Å². The number of methoxy groups -OCH3 is 3. The van der Waals surface area contributed by atoms with E-state index in [4.69, 9.17) is 19.6 Å². The lowest BCUT2D eigenvalue weighted by atomic mass is 10.1. The van der Waals surface area contributed by atoms with Crippen molar-refractivity contribution >= 4 is 17.0 Å². The maximum Gasteiger partial charge on any atom is 0.203 e. The molecule has 3 aromatic rings. The average molecular weight is 354 g/mol. The molecule has 0 aliphatic carbocycles. The number of benzene rings is 2. The van der Waals surface area contributed by atoms with Gasteiger partial charge in [0, 0.05) is 16.5 Å². The predicted octanol–water partition coefficient (Wildman–Crippen LogP) is 4.25. The van der Waals surface area contributed by atoms with Gasteiger partial charge in [0.15, 0.2) is 11.5 Å². The van der Waals surface area contributed by atoms with Crippen LogP contribution >= 0.6 is 11.3 Å². The molecule has 1 N–H and O–H groups in total. The molecular weight excluding hydrogens is 336 g/mol. The van der Waals surface area contributed by atoms with Gasteiger partial charge in [-0.2, -0.15) is 0 Å². The highest BCUT2D eigenvalue weighted by atomic mass is 32.1. The van der Waals surface area contributed by atoms with Crippen LogP contribution < -0.4 is 14.2 Å². The summed E-state index contributed by atoms with van der Waals surface area (Å²) in [5.74, 6) is 1.54. The van der Waals surface area contributed by atoms with Crippen molar-refractivity contribution in [3.63, 3.8) is 0 Å². The quantitative estimate of drug-likeness (QED) is 0.672. The van der Waals surface area contributed by atoms with Crippen molar-refractivity contribution < 1.29 is 14.2 Å². The standard InChI is InChI=1S/C19H18N2O3S/c1-22-15-9-13(10-16(23-2)18(15)24-3)17(20)19-21-14(11-25-19)12-7-5-4-6-8-12/h4-11,20H,1-3H3. The summed E-state index contributed by atoms with van der Waals surface area (Å²) in [4.78, 5) is 4.59. The van der Waals surface area contributed by atoms with Crippen molar-refractivity contribution in [2.24, 2.45) is 0 Å². The smallest absolute Gasteiger partial charge is 0.203 e. The van der Waals surface area contributed by atoms with Crippen LogP contribution in [0.4, 0.5) is 0 Å². The fourth-order valence-corrected chi connectivity index (χ4v) is 3.28. The van der Waals surface area contributed by atoms with Crippen LogP contribution in [0, 0.1) is 5.41 Å². The minimum Gasteiger partial charge on any atom is -0.493 e. The van der Waals surface area contributed by atoms with Gasteiger partial charge in [-0.15, -0.1) is 11.3 Å². The summed E-state index contributed by atoms with van der Waals surface area (Å²) in [6.07, 6.45) is 0. The predicted molar refractivity (Wildman–Crippen MR) is 99.6 cm³/mol. The van der Waals surface area contributed by atoms with E-state index < -0.39 is 0 Å². The minimum absolute atomic E-state index is 0.312. The lowest BCUT2D eigenvalue weighted by molar-refractivity contribution is 0.324. The molecule has 3 rings (SSSR count). The molecule has 0 atom stereocenters. The van der Waals surface area contributed by atoms with E-state index in [-0.39, 0.29) is 0 Å². The van der Waals surface area contributed by atoms with Gasteiger partial charge in [0.05, 0.1) is 32.7 Å². The third kappa shape index (κ3) is 3.34. The number of ether oxygens (including phenoxy) is 3. The van der Waals surface area contributed by atoms with Gasteiger partial charge in [-0.25, -0.2) is 4.98 Å². The Hall–Kier alpha value is -2.86. The van der Waals surface area contributed by atoms with Crippen molar-refractivity contribution in [1.82, 2.24) is 4.98 Å². The number of rotatable bonds is 6. The molecule has 25 heavy (non-hydrogen) atoms. The van der Waals surface area contributed by atoms with Gasteiger partial charge in [0.1, 0.15) is 5.01 Å². The van der Waals surface area contributed by atoms with Crippen molar-refractivity contribution in [2.75, 3.05) is 21.3 Å². The summed E-state index contributed by atoms with van der Waals surface area (Å²) in [5.41, 5.74) is 2.86. The fraction of sp³-hybridized carbons (Fsp3) is 0.158. The Kier molecular flexibility index (Phi) is 5.00. The van der Waals surface area contributed by atoms with Crippen LogP contribution in [-0.2, 0) is 0 Å². The zero-order valence-corrected chi connectivity index (χ0v) is 15.0. The monoisotopic (exact) mass is 354 g/mol. The minimum atomic E-state index is 0.312. The summed E-state index contributed by atoms with van der Waals surface area (Å²) < 4.78 is 16.0. The molecule has 0 bridgehead atoms. The Balaban J connectivity index is 1.97. The van der Waals surface area contributed by atoms with E-state index in [0.717, 1.165) is 11.3 Å². The third-order valence-electron chi connectivity index (χ3n) is 3.74. The topological polar surface area (TPSA) is 64.4 Å². The van der Waals surface area contributed by atoms with E-state index in [1.165, 1.54) is 11.3 Å². The Labute approximate surface area is 150 Å².